The average Bonchev–Trinajstić information content (AvgIpc) is 3.03. The molecule has 0 bridgehead atoms. The fraction of sp³-hybridized carbons (Fsp3) is 0.792. The molecule has 0 aromatic heterocycles. The Morgan fingerprint density at radius 1 is 1.12 bits per heavy atom. The first kappa shape index (κ1) is 22.2. The lowest BCUT2D eigenvalue weighted by atomic mass is 9.48. The standard InChI is InChI=1S/C20H30O.2C2H6/c1-4-11-20(3)15(10-14-21)7-8-16-17-6-5-12-19(17,2)13-9-18(16)20;2*1-2/h5-6,12,14-16,18H,4,7-11,13H2,1-3H3;2*1-2H3. The first-order valence-corrected chi connectivity index (χ1v) is 10.9. The molecule has 3 aliphatic rings. The Morgan fingerprint density at radius 3 is 2.40 bits per heavy atom. The summed E-state index contributed by atoms with van der Waals surface area (Å²) in [5.41, 5.74) is 2.40. The fourth-order valence-corrected chi connectivity index (χ4v) is 5.89. The maximum Gasteiger partial charge on any atom is 0.120 e. The van der Waals surface area contributed by atoms with Crippen molar-refractivity contribution in [3.05, 3.63) is 23.8 Å². The van der Waals surface area contributed by atoms with Gasteiger partial charge in [-0.2, -0.15) is 0 Å². The molecule has 1 heteroatoms. The minimum Gasteiger partial charge on any atom is -0.303 e. The lowest BCUT2D eigenvalue weighted by molar-refractivity contribution is -0.112. The maximum atomic E-state index is 11.1. The first-order chi connectivity index (χ1) is 12.0. The molecule has 25 heavy (non-hydrogen) atoms. The summed E-state index contributed by atoms with van der Waals surface area (Å²) < 4.78 is 0. The molecule has 0 N–H and O–H groups in total. The highest BCUT2D eigenvalue weighted by Gasteiger charge is 2.53. The molecule has 5 atom stereocenters. The number of carbonyl (C=O) groups is 1. The van der Waals surface area contributed by atoms with E-state index >= 15 is 0 Å². The molecule has 2 saturated carbocycles. The van der Waals surface area contributed by atoms with Gasteiger partial charge in [-0.25, -0.2) is 0 Å². The van der Waals surface area contributed by atoms with Crippen LogP contribution in [0.3, 0.4) is 0 Å². The van der Waals surface area contributed by atoms with Crippen LogP contribution in [0.4, 0.5) is 0 Å². The van der Waals surface area contributed by atoms with Crippen LogP contribution in [-0.4, -0.2) is 6.29 Å². The summed E-state index contributed by atoms with van der Waals surface area (Å²) in [6.45, 7) is 15.2. The largest absolute Gasteiger partial charge is 0.303 e. The minimum absolute atomic E-state index is 0.339. The lowest BCUT2D eigenvalue weighted by Crippen LogP contribution is -2.48. The summed E-state index contributed by atoms with van der Waals surface area (Å²) in [4.78, 5) is 11.1. The molecule has 0 aromatic carbocycles. The van der Waals surface area contributed by atoms with Crippen molar-refractivity contribution in [2.45, 2.75) is 93.4 Å². The fourth-order valence-electron chi connectivity index (χ4n) is 5.89. The van der Waals surface area contributed by atoms with Gasteiger partial charge in [0.1, 0.15) is 6.29 Å². The van der Waals surface area contributed by atoms with Crippen molar-refractivity contribution in [3.63, 3.8) is 0 Å². The maximum absolute atomic E-state index is 11.1. The molecule has 5 unspecified atom stereocenters. The zero-order chi connectivity index (χ0) is 19.1. The van der Waals surface area contributed by atoms with Gasteiger partial charge in [-0.1, -0.05) is 78.7 Å². The molecule has 0 aromatic rings. The van der Waals surface area contributed by atoms with Gasteiger partial charge in [-0.15, -0.1) is 0 Å². The highest BCUT2D eigenvalue weighted by Crippen LogP contribution is 2.62. The zero-order valence-corrected chi connectivity index (χ0v) is 17.9. The highest BCUT2D eigenvalue weighted by molar-refractivity contribution is 5.50. The van der Waals surface area contributed by atoms with E-state index in [2.05, 4.69) is 39.0 Å². The van der Waals surface area contributed by atoms with Gasteiger partial charge in [-0.3, -0.25) is 0 Å². The number of aldehydes is 1. The molecule has 2 fully saturated rings. The summed E-state index contributed by atoms with van der Waals surface area (Å²) >= 11 is 0. The predicted octanol–water partition coefficient (Wildman–Crippen LogP) is 7.37. The normalized spacial score (nSPS) is 38.2. The van der Waals surface area contributed by atoms with Crippen LogP contribution in [0.15, 0.2) is 23.8 Å². The van der Waals surface area contributed by atoms with Gasteiger partial charge in [0.05, 0.1) is 0 Å². The predicted molar refractivity (Wildman–Crippen MR) is 111 cm³/mol. The first-order valence-electron chi connectivity index (χ1n) is 10.9. The molecule has 144 valence electrons. The smallest absolute Gasteiger partial charge is 0.120 e. The zero-order valence-electron chi connectivity index (χ0n) is 17.9. The van der Waals surface area contributed by atoms with Crippen molar-refractivity contribution >= 4 is 6.29 Å². The van der Waals surface area contributed by atoms with E-state index in [1.807, 2.05) is 27.7 Å². The third-order valence-corrected chi connectivity index (χ3v) is 7.03. The topological polar surface area (TPSA) is 17.1 Å². The highest BCUT2D eigenvalue weighted by atomic mass is 16.1. The second-order valence-electron chi connectivity index (χ2n) is 8.08. The van der Waals surface area contributed by atoms with Crippen molar-refractivity contribution in [3.8, 4) is 0 Å². The Kier molecular flexibility index (Phi) is 8.64. The summed E-state index contributed by atoms with van der Waals surface area (Å²) in [5.74, 6) is 2.16. The molecule has 3 rings (SSSR count). The van der Waals surface area contributed by atoms with Gasteiger partial charge < -0.3 is 4.79 Å². The minimum atomic E-state index is 0.339. The molecule has 0 spiro atoms. The van der Waals surface area contributed by atoms with Crippen molar-refractivity contribution < 1.29 is 4.79 Å². The van der Waals surface area contributed by atoms with Gasteiger partial charge in [0, 0.05) is 11.8 Å². The van der Waals surface area contributed by atoms with Gasteiger partial charge >= 0.3 is 0 Å². The van der Waals surface area contributed by atoms with Gasteiger partial charge in [0.2, 0.25) is 0 Å². The Morgan fingerprint density at radius 2 is 1.80 bits per heavy atom. The molecule has 0 aliphatic heterocycles. The Balaban J connectivity index is 0.000000730. The third-order valence-electron chi connectivity index (χ3n) is 7.03. The summed E-state index contributed by atoms with van der Waals surface area (Å²) in [7, 11) is 0. The number of allylic oxidation sites excluding steroid dienone is 4. The van der Waals surface area contributed by atoms with Crippen molar-refractivity contribution in [1.82, 2.24) is 0 Å². The average molecular weight is 347 g/mol. The van der Waals surface area contributed by atoms with Crippen LogP contribution in [-0.2, 0) is 4.79 Å². The monoisotopic (exact) mass is 346 g/mol. The van der Waals surface area contributed by atoms with Crippen LogP contribution in [0, 0.1) is 28.6 Å². The van der Waals surface area contributed by atoms with E-state index in [0.29, 0.717) is 16.7 Å². The number of rotatable bonds is 4. The Bertz CT molecular complexity index is 474. The van der Waals surface area contributed by atoms with Crippen LogP contribution in [0.5, 0.6) is 0 Å². The molecule has 3 aliphatic carbocycles. The Hall–Kier alpha value is -0.850. The van der Waals surface area contributed by atoms with Crippen LogP contribution >= 0.6 is 0 Å². The third kappa shape index (κ3) is 4.12. The molecule has 0 heterocycles. The van der Waals surface area contributed by atoms with E-state index in [0.717, 1.165) is 18.3 Å². The van der Waals surface area contributed by atoms with E-state index in [4.69, 9.17) is 0 Å². The van der Waals surface area contributed by atoms with Crippen LogP contribution in [0.1, 0.15) is 93.4 Å². The van der Waals surface area contributed by atoms with E-state index in [9.17, 15) is 4.79 Å². The van der Waals surface area contributed by atoms with Crippen LogP contribution < -0.4 is 0 Å². The summed E-state index contributed by atoms with van der Waals surface area (Å²) in [5, 5.41) is 0. The van der Waals surface area contributed by atoms with E-state index in [1.54, 1.807) is 5.57 Å². The molecule has 0 saturated heterocycles. The van der Waals surface area contributed by atoms with Crippen molar-refractivity contribution in [2.24, 2.45) is 28.6 Å². The summed E-state index contributed by atoms with van der Waals surface area (Å²) in [6.07, 6.45) is 16.8. The van der Waals surface area contributed by atoms with Crippen LogP contribution in [0.2, 0.25) is 0 Å². The van der Waals surface area contributed by atoms with Gasteiger partial charge in [0.25, 0.3) is 0 Å². The molecule has 0 radical (unpaired) electrons. The van der Waals surface area contributed by atoms with Crippen LogP contribution in [0.25, 0.3) is 0 Å². The number of hydrogen-bond acceptors (Lipinski definition) is 1. The van der Waals surface area contributed by atoms with E-state index in [-0.39, 0.29) is 0 Å². The molecular formula is C24H42O. The second kappa shape index (κ2) is 9.74. The van der Waals surface area contributed by atoms with Gasteiger partial charge in [0.15, 0.2) is 0 Å². The van der Waals surface area contributed by atoms with E-state index in [1.165, 1.54) is 44.8 Å². The lowest BCUT2D eigenvalue weighted by Gasteiger charge is -2.56. The van der Waals surface area contributed by atoms with Crippen molar-refractivity contribution in [1.29, 1.82) is 0 Å². The van der Waals surface area contributed by atoms with E-state index < -0.39 is 0 Å². The Labute approximate surface area is 157 Å². The quantitative estimate of drug-likeness (QED) is 0.485. The summed E-state index contributed by atoms with van der Waals surface area (Å²) in [6, 6.07) is 0. The number of hydrogen-bond donors (Lipinski definition) is 0. The molecule has 0 amide bonds. The van der Waals surface area contributed by atoms with Gasteiger partial charge in [-0.05, 0) is 55.3 Å². The molecule has 1 nitrogen and oxygen atoms in total. The SMILES string of the molecule is CC.CC.CCCC1(C)C(CC=O)CCC2C3=CC=CC3(C)CCC21. The van der Waals surface area contributed by atoms with Crippen molar-refractivity contribution in [2.75, 3.05) is 0 Å². The second-order valence-corrected chi connectivity index (χ2v) is 8.08. The number of carbonyl (C=O) groups excluding carboxylic acids is 1. The molecular weight excluding hydrogens is 304 g/mol. The number of fused-ring (bicyclic) bond motifs is 3.